The summed E-state index contributed by atoms with van der Waals surface area (Å²) < 4.78 is 3.47. The van der Waals surface area contributed by atoms with Gasteiger partial charge in [-0.2, -0.15) is 5.10 Å². The summed E-state index contributed by atoms with van der Waals surface area (Å²) >= 11 is 0. The van der Waals surface area contributed by atoms with Crippen molar-refractivity contribution in [3.63, 3.8) is 0 Å². The van der Waals surface area contributed by atoms with E-state index in [4.69, 9.17) is 0 Å². The van der Waals surface area contributed by atoms with Crippen LogP contribution in [0.15, 0.2) is 47.9 Å². The van der Waals surface area contributed by atoms with E-state index in [1.807, 2.05) is 22.9 Å². The Morgan fingerprint density at radius 1 is 1.29 bits per heavy atom. The summed E-state index contributed by atoms with van der Waals surface area (Å²) in [7, 11) is 0. The van der Waals surface area contributed by atoms with E-state index in [0.717, 1.165) is 31.7 Å². The summed E-state index contributed by atoms with van der Waals surface area (Å²) in [5, 5.41) is 4.20. The molecule has 7 heteroatoms. The summed E-state index contributed by atoms with van der Waals surface area (Å²) in [6.07, 6.45) is 7.46. The lowest BCUT2D eigenvalue weighted by molar-refractivity contribution is 0.152. The molecule has 0 bridgehead atoms. The second kappa shape index (κ2) is 6.52. The molecular weight excluding hydrogens is 304 g/mol. The first-order chi connectivity index (χ1) is 11.8. The molecule has 0 amide bonds. The number of rotatable bonds is 4. The molecule has 24 heavy (non-hydrogen) atoms. The number of hydrogen-bond acceptors (Lipinski definition) is 5. The van der Waals surface area contributed by atoms with Gasteiger partial charge >= 0.3 is 0 Å². The topological polar surface area (TPSA) is 68.3 Å². The summed E-state index contributed by atoms with van der Waals surface area (Å²) in [6, 6.07) is 7.26. The Morgan fingerprint density at radius 3 is 3.12 bits per heavy atom. The molecule has 0 saturated carbocycles. The molecule has 1 aliphatic heterocycles. The van der Waals surface area contributed by atoms with E-state index in [0.29, 0.717) is 18.1 Å². The highest BCUT2D eigenvalue weighted by Crippen LogP contribution is 2.19. The number of fused-ring (bicyclic) bond motifs is 1. The third kappa shape index (κ3) is 3.21. The van der Waals surface area contributed by atoms with Crippen molar-refractivity contribution in [3.8, 4) is 0 Å². The molecule has 0 aromatic carbocycles. The van der Waals surface area contributed by atoms with Gasteiger partial charge in [0.25, 0.3) is 5.56 Å². The van der Waals surface area contributed by atoms with Crippen molar-refractivity contribution in [2.45, 2.75) is 25.9 Å². The molecule has 4 heterocycles. The van der Waals surface area contributed by atoms with Gasteiger partial charge in [-0.15, -0.1) is 0 Å². The van der Waals surface area contributed by atoms with Gasteiger partial charge in [-0.1, -0.05) is 6.07 Å². The SMILES string of the molecule is O=c1cc(CN2CCC[C@H](Cn3cncn3)C2)nc2ccccn12. The first kappa shape index (κ1) is 15.0. The smallest absolute Gasteiger partial charge is 0.258 e. The standard InChI is InChI=1S/C17H20N6O/c24-17-8-15(20-16-5-1-2-7-23(16)17)11-21-6-3-4-14(9-21)10-22-13-18-12-19-22/h1-2,5,7-8,12-14H,3-4,6,9-11H2/t14-/m0/s1. The van der Waals surface area contributed by atoms with Crippen molar-refractivity contribution in [2.75, 3.05) is 13.1 Å². The van der Waals surface area contributed by atoms with Crippen molar-refractivity contribution in [1.29, 1.82) is 0 Å². The minimum atomic E-state index is -0.0215. The lowest BCUT2D eigenvalue weighted by Crippen LogP contribution is -2.37. The molecule has 3 aromatic rings. The van der Waals surface area contributed by atoms with Crippen LogP contribution in [0.1, 0.15) is 18.5 Å². The van der Waals surface area contributed by atoms with Crippen LogP contribution in [-0.4, -0.2) is 42.1 Å². The Hall–Kier alpha value is -2.54. The average molecular weight is 324 g/mol. The zero-order chi connectivity index (χ0) is 16.4. The van der Waals surface area contributed by atoms with Crippen molar-refractivity contribution >= 4 is 5.65 Å². The highest BCUT2D eigenvalue weighted by molar-refractivity contribution is 5.37. The molecule has 0 aliphatic carbocycles. The van der Waals surface area contributed by atoms with E-state index in [2.05, 4.69) is 20.0 Å². The van der Waals surface area contributed by atoms with Gasteiger partial charge in [-0.25, -0.2) is 9.97 Å². The minimum Gasteiger partial charge on any atom is -0.297 e. The number of aromatic nitrogens is 5. The Morgan fingerprint density at radius 2 is 2.25 bits per heavy atom. The summed E-state index contributed by atoms with van der Waals surface area (Å²) in [5.74, 6) is 0.557. The highest BCUT2D eigenvalue weighted by Gasteiger charge is 2.21. The van der Waals surface area contributed by atoms with Crippen LogP contribution in [-0.2, 0) is 13.1 Å². The van der Waals surface area contributed by atoms with Crippen molar-refractivity contribution in [3.05, 3.63) is 59.2 Å². The number of nitrogens with zero attached hydrogens (tertiary/aromatic N) is 6. The van der Waals surface area contributed by atoms with Gasteiger partial charge in [-0.3, -0.25) is 18.8 Å². The molecule has 0 spiro atoms. The molecule has 0 N–H and O–H groups in total. The Kier molecular flexibility index (Phi) is 4.08. The van der Waals surface area contributed by atoms with Crippen molar-refractivity contribution in [2.24, 2.45) is 5.92 Å². The molecule has 1 atom stereocenters. The maximum Gasteiger partial charge on any atom is 0.258 e. The highest BCUT2D eigenvalue weighted by atomic mass is 16.1. The van der Waals surface area contributed by atoms with Gasteiger partial charge in [0.05, 0.1) is 5.69 Å². The molecular formula is C17H20N6O. The second-order valence-electron chi connectivity index (χ2n) is 6.38. The van der Waals surface area contributed by atoms with E-state index < -0.39 is 0 Å². The minimum absolute atomic E-state index is 0.0215. The number of hydrogen-bond donors (Lipinski definition) is 0. The van der Waals surface area contributed by atoms with Crippen LogP contribution in [0, 0.1) is 5.92 Å². The molecule has 1 aliphatic rings. The van der Waals surface area contributed by atoms with Crippen molar-refractivity contribution in [1.82, 2.24) is 29.0 Å². The molecule has 1 saturated heterocycles. The first-order valence-electron chi connectivity index (χ1n) is 8.30. The van der Waals surface area contributed by atoms with Gasteiger partial charge in [0, 0.05) is 31.9 Å². The lowest BCUT2D eigenvalue weighted by Gasteiger charge is -2.32. The zero-order valence-corrected chi connectivity index (χ0v) is 13.5. The third-order valence-electron chi connectivity index (χ3n) is 4.52. The summed E-state index contributed by atoms with van der Waals surface area (Å²) in [5.41, 5.74) is 1.52. The van der Waals surface area contributed by atoms with Gasteiger partial charge in [-0.05, 0) is 37.4 Å². The normalized spacial score (nSPS) is 18.9. The maximum atomic E-state index is 12.2. The van der Waals surface area contributed by atoms with Crippen LogP contribution in [0.2, 0.25) is 0 Å². The van der Waals surface area contributed by atoms with Crippen LogP contribution in [0.4, 0.5) is 0 Å². The van der Waals surface area contributed by atoms with Crippen LogP contribution < -0.4 is 5.56 Å². The van der Waals surface area contributed by atoms with Crippen LogP contribution in [0.5, 0.6) is 0 Å². The van der Waals surface area contributed by atoms with Crippen LogP contribution in [0.25, 0.3) is 5.65 Å². The van der Waals surface area contributed by atoms with Gasteiger partial charge < -0.3 is 0 Å². The van der Waals surface area contributed by atoms with Gasteiger partial charge in [0.2, 0.25) is 0 Å². The third-order valence-corrected chi connectivity index (χ3v) is 4.52. The van der Waals surface area contributed by atoms with E-state index >= 15 is 0 Å². The second-order valence-corrected chi connectivity index (χ2v) is 6.38. The Balaban J connectivity index is 1.47. The molecule has 1 fully saturated rings. The quantitative estimate of drug-likeness (QED) is 0.721. The number of pyridine rings is 1. The molecule has 3 aromatic heterocycles. The predicted octanol–water partition coefficient (Wildman–Crippen LogP) is 1.20. The Bertz CT molecular complexity index is 872. The van der Waals surface area contributed by atoms with E-state index in [-0.39, 0.29) is 5.56 Å². The molecule has 7 nitrogen and oxygen atoms in total. The zero-order valence-electron chi connectivity index (χ0n) is 13.5. The van der Waals surface area contributed by atoms with Gasteiger partial charge in [0.1, 0.15) is 18.3 Å². The molecule has 0 radical (unpaired) electrons. The fourth-order valence-corrected chi connectivity index (χ4v) is 3.45. The lowest BCUT2D eigenvalue weighted by atomic mass is 9.98. The largest absolute Gasteiger partial charge is 0.297 e. The van der Waals surface area contributed by atoms with Crippen molar-refractivity contribution < 1.29 is 0 Å². The predicted molar refractivity (Wildman–Crippen MR) is 89.5 cm³/mol. The van der Waals surface area contributed by atoms with E-state index in [9.17, 15) is 4.79 Å². The molecule has 124 valence electrons. The maximum absolute atomic E-state index is 12.2. The average Bonchev–Trinajstić information content (AvgIpc) is 3.08. The fourth-order valence-electron chi connectivity index (χ4n) is 3.45. The summed E-state index contributed by atoms with van der Waals surface area (Å²) in [4.78, 5) is 23.2. The fraction of sp³-hybridized carbons (Fsp3) is 0.412. The van der Waals surface area contributed by atoms with E-state index in [1.54, 1.807) is 29.3 Å². The first-order valence-corrected chi connectivity index (χ1v) is 8.30. The number of piperidine rings is 1. The van der Waals surface area contributed by atoms with Crippen LogP contribution in [0.3, 0.4) is 0 Å². The Labute approximate surface area is 139 Å². The molecule has 0 unspecified atom stereocenters. The monoisotopic (exact) mass is 324 g/mol. The van der Waals surface area contributed by atoms with Gasteiger partial charge in [0.15, 0.2) is 0 Å². The summed E-state index contributed by atoms with van der Waals surface area (Å²) in [6.45, 7) is 3.65. The van der Waals surface area contributed by atoms with E-state index in [1.165, 1.54) is 6.42 Å². The number of likely N-dealkylation sites (tertiary alicyclic amines) is 1. The van der Waals surface area contributed by atoms with Crippen LogP contribution >= 0.6 is 0 Å². The molecule has 4 rings (SSSR count).